The van der Waals surface area contributed by atoms with Crippen molar-refractivity contribution in [1.29, 1.82) is 0 Å². The Kier molecular flexibility index (Phi) is 3.87. The van der Waals surface area contributed by atoms with Crippen LogP contribution in [-0.4, -0.2) is 20.4 Å². The van der Waals surface area contributed by atoms with E-state index < -0.39 is 18.3 Å². The zero-order valence-corrected chi connectivity index (χ0v) is 14.8. The number of rotatable bonds is 2. The summed E-state index contributed by atoms with van der Waals surface area (Å²) in [5.74, 6) is 0. The number of halogens is 4. The molecule has 0 unspecified atom stereocenters. The second kappa shape index (κ2) is 5.98. The first-order valence-electron chi connectivity index (χ1n) is 7.67. The Balaban J connectivity index is 2.11. The molecule has 0 spiro atoms. The molecule has 0 saturated carbocycles. The lowest BCUT2D eigenvalue weighted by Gasteiger charge is -2.13. The molecule has 2 aromatic carbocycles. The van der Waals surface area contributed by atoms with Crippen LogP contribution in [0.25, 0.3) is 27.8 Å². The number of benzene rings is 2. The first-order valence-corrected chi connectivity index (χ1v) is 8.47. The van der Waals surface area contributed by atoms with Gasteiger partial charge in [0.25, 0.3) is 5.56 Å². The third-order valence-corrected chi connectivity index (χ3v) is 4.53. The van der Waals surface area contributed by atoms with E-state index in [4.69, 9.17) is 0 Å². The van der Waals surface area contributed by atoms with Gasteiger partial charge in [0.1, 0.15) is 12.2 Å². The summed E-state index contributed by atoms with van der Waals surface area (Å²) in [4.78, 5) is 12.7. The highest BCUT2D eigenvalue weighted by atomic mass is 79.9. The molecule has 2 heterocycles. The van der Waals surface area contributed by atoms with Gasteiger partial charge in [-0.15, -0.1) is 0 Å². The van der Waals surface area contributed by atoms with E-state index in [0.29, 0.717) is 15.7 Å². The van der Waals surface area contributed by atoms with Gasteiger partial charge < -0.3 is 0 Å². The summed E-state index contributed by atoms with van der Waals surface area (Å²) in [6, 6.07) is 15.4. The van der Waals surface area contributed by atoms with Gasteiger partial charge in [0.05, 0.1) is 16.6 Å². The molecule has 8 heteroatoms. The molecule has 0 saturated heterocycles. The van der Waals surface area contributed by atoms with Crippen LogP contribution in [0.4, 0.5) is 13.2 Å². The van der Waals surface area contributed by atoms with Crippen molar-refractivity contribution in [1.82, 2.24) is 14.2 Å². The summed E-state index contributed by atoms with van der Waals surface area (Å²) in [7, 11) is 0. The van der Waals surface area contributed by atoms with Crippen molar-refractivity contribution in [2.45, 2.75) is 12.7 Å². The lowest BCUT2D eigenvalue weighted by molar-refractivity contribution is -0.140. The van der Waals surface area contributed by atoms with Crippen molar-refractivity contribution in [2.24, 2.45) is 0 Å². The van der Waals surface area contributed by atoms with E-state index in [1.165, 1.54) is 16.6 Å². The van der Waals surface area contributed by atoms with Crippen LogP contribution in [-0.2, 0) is 6.54 Å². The monoisotopic (exact) mass is 421 g/mol. The van der Waals surface area contributed by atoms with Crippen molar-refractivity contribution in [3.8, 4) is 11.3 Å². The molecule has 0 amide bonds. The van der Waals surface area contributed by atoms with E-state index in [-0.39, 0.29) is 11.0 Å². The van der Waals surface area contributed by atoms with E-state index in [2.05, 4.69) is 21.0 Å². The van der Waals surface area contributed by atoms with Gasteiger partial charge in [0.2, 0.25) is 0 Å². The zero-order valence-electron chi connectivity index (χ0n) is 13.2. The fraction of sp³-hybridized carbons (Fsp3) is 0.111. The van der Waals surface area contributed by atoms with Crippen LogP contribution in [0.5, 0.6) is 0 Å². The molecule has 4 aromatic rings. The first-order chi connectivity index (χ1) is 12.3. The van der Waals surface area contributed by atoms with Crippen molar-refractivity contribution in [3.05, 3.63) is 69.4 Å². The third-order valence-electron chi connectivity index (χ3n) is 4.04. The Morgan fingerprint density at radius 2 is 1.77 bits per heavy atom. The van der Waals surface area contributed by atoms with E-state index in [0.717, 1.165) is 10.1 Å². The Morgan fingerprint density at radius 3 is 2.46 bits per heavy atom. The van der Waals surface area contributed by atoms with Crippen LogP contribution in [0.15, 0.2) is 63.9 Å². The highest BCUT2D eigenvalue weighted by molar-refractivity contribution is 9.10. The van der Waals surface area contributed by atoms with E-state index in [9.17, 15) is 18.0 Å². The largest absolute Gasteiger partial charge is 0.406 e. The predicted molar refractivity (Wildman–Crippen MR) is 96.1 cm³/mol. The molecule has 0 aliphatic rings. The van der Waals surface area contributed by atoms with Crippen LogP contribution in [0.2, 0.25) is 0 Å². The summed E-state index contributed by atoms with van der Waals surface area (Å²) in [5.41, 5.74) is 1.09. The fourth-order valence-electron chi connectivity index (χ4n) is 2.93. The highest BCUT2D eigenvalue weighted by Gasteiger charge is 2.30. The SMILES string of the molecule is O=c1c2ccc(Br)cc2n2nc(-c3ccccc3)cc2n1CC(F)(F)F. The Morgan fingerprint density at radius 1 is 1.04 bits per heavy atom. The fourth-order valence-corrected chi connectivity index (χ4v) is 3.28. The minimum atomic E-state index is -4.52. The maximum Gasteiger partial charge on any atom is 0.406 e. The number of aromatic nitrogens is 3. The number of hydrogen-bond acceptors (Lipinski definition) is 2. The number of alkyl halides is 3. The van der Waals surface area contributed by atoms with E-state index in [1.54, 1.807) is 12.1 Å². The average molecular weight is 422 g/mol. The van der Waals surface area contributed by atoms with Crippen molar-refractivity contribution >= 4 is 32.5 Å². The Hall–Kier alpha value is -2.61. The van der Waals surface area contributed by atoms with Gasteiger partial charge in [0, 0.05) is 16.1 Å². The van der Waals surface area contributed by atoms with Crippen molar-refractivity contribution in [2.75, 3.05) is 0 Å². The van der Waals surface area contributed by atoms with Crippen LogP contribution < -0.4 is 5.56 Å². The summed E-state index contributed by atoms with van der Waals surface area (Å²) < 4.78 is 41.9. The topological polar surface area (TPSA) is 39.3 Å². The quantitative estimate of drug-likeness (QED) is 0.472. The van der Waals surface area contributed by atoms with Crippen molar-refractivity contribution < 1.29 is 13.2 Å². The van der Waals surface area contributed by atoms with E-state index >= 15 is 0 Å². The summed E-state index contributed by atoms with van der Waals surface area (Å²) in [5, 5.41) is 4.63. The second-order valence-corrected chi connectivity index (χ2v) is 6.75. The molecule has 0 atom stereocenters. The van der Waals surface area contributed by atoms with Crippen LogP contribution in [0.3, 0.4) is 0 Å². The van der Waals surface area contributed by atoms with Crippen LogP contribution >= 0.6 is 15.9 Å². The summed E-state index contributed by atoms with van der Waals surface area (Å²) >= 11 is 3.33. The molecule has 0 radical (unpaired) electrons. The summed E-state index contributed by atoms with van der Waals surface area (Å²) in [6.45, 7) is -1.37. The summed E-state index contributed by atoms with van der Waals surface area (Å²) in [6.07, 6.45) is -4.52. The maximum atomic E-state index is 13.0. The molecule has 2 aromatic heterocycles. The molecule has 0 fully saturated rings. The number of fused-ring (bicyclic) bond motifs is 3. The Labute approximate surface area is 153 Å². The van der Waals surface area contributed by atoms with Gasteiger partial charge >= 0.3 is 6.18 Å². The van der Waals surface area contributed by atoms with Gasteiger partial charge in [-0.1, -0.05) is 46.3 Å². The Bertz CT molecular complexity index is 1180. The molecular formula is C18H11BrF3N3O. The molecule has 0 N–H and O–H groups in total. The predicted octanol–water partition coefficient (Wildman–Crippen LogP) is 4.64. The zero-order chi connectivity index (χ0) is 18.5. The van der Waals surface area contributed by atoms with Gasteiger partial charge in [-0.05, 0) is 18.2 Å². The molecule has 4 rings (SSSR count). The molecule has 26 heavy (non-hydrogen) atoms. The van der Waals surface area contributed by atoms with E-state index in [1.807, 2.05) is 30.3 Å². The maximum absolute atomic E-state index is 13.0. The normalized spacial score (nSPS) is 12.2. The van der Waals surface area contributed by atoms with Crippen LogP contribution in [0, 0.1) is 0 Å². The van der Waals surface area contributed by atoms with Gasteiger partial charge in [-0.25, -0.2) is 4.52 Å². The first kappa shape index (κ1) is 16.8. The van der Waals surface area contributed by atoms with Gasteiger partial charge in [0.15, 0.2) is 0 Å². The minimum absolute atomic E-state index is 0.0942. The average Bonchev–Trinajstić information content (AvgIpc) is 3.04. The third kappa shape index (κ3) is 2.90. The lowest BCUT2D eigenvalue weighted by Crippen LogP contribution is -2.29. The van der Waals surface area contributed by atoms with Gasteiger partial charge in [-0.3, -0.25) is 9.36 Å². The molecule has 132 valence electrons. The van der Waals surface area contributed by atoms with Gasteiger partial charge in [-0.2, -0.15) is 18.3 Å². The second-order valence-electron chi connectivity index (χ2n) is 5.83. The van der Waals surface area contributed by atoms with Crippen LogP contribution in [0.1, 0.15) is 0 Å². The number of nitrogens with zero attached hydrogens (tertiary/aromatic N) is 3. The standard InChI is InChI=1S/C18H11BrF3N3O/c19-12-6-7-13-15(8-12)25-16(24(17(13)26)10-18(20,21)22)9-14(23-25)11-4-2-1-3-5-11/h1-9H,10H2. The highest BCUT2D eigenvalue weighted by Crippen LogP contribution is 2.25. The molecule has 4 nitrogen and oxygen atoms in total. The van der Waals surface area contributed by atoms with Crippen molar-refractivity contribution in [3.63, 3.8) is 0 Å². The lowest BCUT2D eigenvalue weighted by atomic mass is 10.2. The minimum Gasteiger partial charge on any atom is -0.283 e. The smallest absolute Gasteiger partial charge is 0.283 e. The molecular weight excluding hydrogens is 411 g/mol. The molecule has 0 bridgehead atoms. The molecule has 0 aliphatic heterocycles. The number of hydrogen-bond donors (Lipinski definition) is 0. The molecule has 0 aliphatic carbocycles.